The molecule has 0 amide bonds. The third-order valence-corrected chi connectivity index (χ3v) is 5.08. The molecule has 1 aliphatic rings. The van der Waals surface area contributed by atoms with Crippen molar-refractivity contribution in [3.05, 3.63) is 64.0 Å². The molecule has 1 aromatic carbocycles. The zero-order valence-corrected chi connectivity index (χ0v) is 14.4. The van der Waals surface area contributed by atoms with Crippen molar-refractivity contribution in [2.45, 2.75) is 25.3 Å². The molecule has 1 N–H and O–H groups in total. The van der Waals surface area contributed by atoms with Crippen molar-refractivity contribution >= 4 is 22.8 Å². The molecule has 1 aliphatic carbocycles. The Morgan fingerprint density at radius 3 is 2.61 bits per heavy atom. The first-order valence-electron chi connectivity index (χ1n) is 7.89. The Labute approximate surface area is 141 Å². The van der Waals surface area contributed by atoms with E-state index in [1.54, 1.807) is 17.4 Å². The zero-order valence-electron chi connectivity index (χ0n) is 13.6. The van der Waals surface area contributed by atoms with Gasteiger partial charge in [-0.15, -0.1) is 11.3 Å². The number of benzene rings is 1. The molecule has 1 aromatic heterocycles. The maximum atomic E-state index is 12.1. The maximum absolute atomic E-state index is 12.1. The van der Waals surface area contributed by atoms with Gasteiger partial charge >= 0.3 is 0 Å². The number of nitrogens with zero attached hydrogens (tertiary/aromatic N) is 1. The number of rotatable bonds is 5. The summed E-state index contributed by atoms with van der Waals surface area (Å²) in [7, 11) is 4.07. The fraction of sp³-hybridized carbons (Fsp3) is 0.316. The molecule has 0 saturated heterocycles. The third kappa shape index (κ3) is 4.02. The molecular weight excluding hydrogens is 304 g/mol. The minimum absolute atomic E-state index is 0.214. The van der Waals surface area contributed by atoms with Gasteiger partial charge in [0.05, 0.1) is 0 Å². The second-order valence-corrected chi connectivity index (χ2v) is 7.19. The summed E-state index contributed by atoms with van der Waals surface area (Å²) in [6, 6.07) is 12.7. The molecule has 3 rings (SSSR count). The lowest BCUT2D eigenvalue weighted by atomic mass is 9.85. The molecule has 4 heteroatoms. The maximum Gasteiger partial charge on any atom is 0.158 e. The molecule has 0 aliphatic heterocycles. The minimum atomic E-state index is 0.214. The summed E-state index contributed by atoms with van der Waals surface area (Å²) in [4.78, 5) is 15.4. The van der Waals surface area contributed by atoms with Crippen LogP contribution in [0.4, 0.5) is 5.69 Å². The van der Waals surface area contributed by atoms with Crippen LogP contribution in [-0.2, 0) is 11.3 Å². The van der Waals surface area contributed by atoms with Crippen LogP contribution in [0.2, 0.25) is 0 Å². The van der Waals surface area contributed by atoms with Gasteiger partial charge in [-0.25, -0.2) is 0 Å². The number of thiophene rings is 1. The van der Waals surface area contributed by atoms with Gasteiger partial charge in [0, 0.05) is 49.4 Å². The molecule has 2 aromatic rings. The summed E-state index contributed by atoms with van der Waals surface area (Å²) >= 11 is 1.73. The Kier molecular flexibility index (Phi) is 4.82. The van der Waals surface area contributed by atoms with Crippen molar-refractivity contribution in [3.63, 3.8) is 0 Å². The standard InChI is InChI=1S/C19H22N2OS/c1-21(2)17-7-5-14(6-8-17)15-10-16(12-18(22)11-15)20-13-19-4-3-9-23-19/h3-9,12,15,20H,10-11,13H2,1-2H3. The van der Waals surface area contributed by atoms with Crippen molar-refractivity contribution in [1.29, 1.82) is 0 Å². The van der Waals surface area contributed by atoms with E-state index in [4.69, 9.17) is 0 Å². The van der Waals surface area contributed by atoms with E-state index in [-0.39, 0.29) is 11.7 Å². The van der Waals surface area contributed by atoms with Crippen LogP contribution >= 0.6 is 11.3 Å². The first-order valence-corrected chi connectivity index (χ1v) is 8.77. The molecule has 0 radical (unpaired) electrons. The number of hydrogen-bond donors (Lipinski definition) is 1. The number of nitrogens with one attached hydrogen (secondary N) is 1. The van der Waals surface area contributed by atoms with Gasteiger partial charge in [-0.05, 0) is 41.5 Å². The second kappa shape index (κ2) is 7.01. The SMILES string of the molecule is CN(C)c1ccc(C2CC(=O)C=C(NCc3cccs3)C2)cc1. The molecule has 0 bridgehead atoms. The van der Waals surface area contributed by atoms with Crippen molar-refractivity contribution in [3.8, 4) is 0 Å². The quantitative estimate of drug-likeness (QED) is 0.903. The van der Waals surface area contributed by atoms with E-state index >= 15 is 0 Å². The van der Waals surface area contributed by atoms with Gasteiger partial charge in [0.25, 0.3) is 0 Å². The number of ketones is 1. The van der Waals surface area contributed by atoms with Crippen molar-refractivity contribution in [1.82, 2.24) is 5.32 Å². The second-order valence-electron chi connectivity index (χ2n) is 6.16. The summed E-state index contributed by atoms with van der Waals surface area (Å²) in [6.07, 6.45) is 3.28. The van der Waals surface area contributed by atoms with E-state index in [1.165, 1.54) is 16.1 Å². The highest BCUT2D eigenvalue weighted by Crippen LogP contribution is 2.31. The van der Waals surface area contributed by atoms with Gasteiger partial charge in [-0.1, -0.05) is 18.2 Å². The Balaban J connectivity index is 1.67. The predicted molar refractivity (Wildman–Crippen MR) is 97.0 cm³/mol. The molecule has 120 valence electrons. The number of carbonyl (C=O) groups is 1. The fourth-order valence-corrected chi connectivity index (χ4v) is 3.55. The predicted octanol–water partition coefficient (Wildman–Crippen LogP) is 3.93. The molecule has 23 heavy (non-hydrogen) atoms. The van der Waals surface area contributed by atoms with Gasteiger partial charge in [-0.2, -0.15) is 0 Å². The van der Waals surface area contributed by atoms with E-state index in [9.17, 15) is 4.79 Å². The number of hydrogen-bond acceptors (Lipinski definition) is 4. The molecule has 0 saturated carbocycles. The van der Waals surface area contributed by atoms with Crippen molar-refractivity contribution in [2.75, 3.05) is 19.0 Å². The number of carbonyl (C=O) groups excluding carboxylic acids is 1. The fourth-order valence-electron chi connectivity index (χ4n) is 2.91. The van der Waals surface area contributed by atoms with E-state index in [0.717, 1.165) is 18.7 Å². The van der Waals surface area contributed by atoms with Gasteiger partial charge < -0.3 is 10.2 Å². The number of allylic oxidation sites excluding steroid dienone is 2. The monoisotopic (exact) mass is 326 g/mol. The van der Waals surface area contributed by atoms with E-state index in [2.05, 4.69) is 52.0 Å². The van der Waals surface area contributed by atoms with Gasteiger partial charge in [0.2, 0.25) is 0 Å². The Morgan fingerprint density at radius 1 is 1.17 bits per heavy atom. The Bertz CT molecular complexity index is 687. The van der Waals surface area contributed by atoms with E-state index < -0.39 is 0 Å². The Hall–Kier alpha value is -2.07. The highest BCUT2D eigenvalue weighted by Gasteiger charge is 2.22. The van der Waals surface area contributed by atoms with Gasteiger partial charge in [0.1, 0.15) is 0 Å². The van der Waals surface area contributed by atoms with Crippen LogP contribution in [0.5, 0.6) is 0 Å². The van der Waals surface area contributed by atoms with Crippen LogP contribution in [0.15, 0.2) is 53.6 Å². The molecule has 1 heterocycles. The normalized spacial score (nSPS) is 17.7. The summed E-state index contributed by atoms with van der Waals surface area (Å²) in [5.74, 6) is 0.487. The van der Waals surface area contributed by atoms with Crippen molar-refractivity contribution in [2.24, 2.45) is 0 Å². The number of anilines is 1. The first-order chi connectivity index (χ1) is 11.1. The van der Waals surface area contributed by atoms with E-state index in [1.807, 2.05) is 14.1 Å². The lowest BCUT2D eigenvalue weighted by Crippen LogP contribution is -2.21. The van der Waals surface area contributed by atoms with Gasteiger partial charge in [0.15, 0.2) is 5.78 Å². The highest BCUT2D eigenvalue weighted by molar-refractivity contribution is 7.09. The first kappa shape index (κ1) is 15.8. The lowest BCUT2D eigenvalue weighted by molar-refractivity contribution is -0.115. The van der Waals surface area contributed by atoms with Crippen molar-refractivity contribution < 1.29 is 4.79 Å². The largest absolute Gasteiger partial charge is 0.383 e. The molecule has 0 fully saturated rings. The highest BCUT2D eigenvalue weighted by atomic mass is 32.1. The van der Waals surface area contributed by atoms with Gasteiger partial charge in [-0.3, -0.25) is 4.79 Å². The topological polar surface area (TPSA) is 32.3 Å². The van der Waals surface area contributed by atoms with Crippen LogP contribution < -0.4 is 10.2 Å². The van der Waals surface area contributed by atoms with Crippen LogP contribution in [0.3, 0.4) is 0 Å². The van der Waals surface area contributed by atoms with Crippen LogP contribution in [0.25, 0.3) is 0 Å². The molecule has 3 nitrogen and oxygen atoms in total. The average molecular weight is 326 g/mol. The zero-order chi connectivity index (χ0) is 16.2. The summed E-state index contributed by atoms with van der Waals surface area (Å²) in [6.45, 7) is 0.795. The molecule has 1 atom stereocenters. The Morgan fingerprint density at radius 2 is 1.96 bits per heavy atom. The van der Waals surface area contributed by atoms with Crippen LogP contribution in [0, 0.1) is 0 Å². The molecule has 1 unspecified atom stereocenters. The third-order valence-electron chi connectivity index (χ3n) is 4.20. The molecular formula is C19H22N2OS. The van der Waals surface area contributed by atoms with E-state index in [0.29, 0.717) is 6.42 Å². The summed E-state index contributed by atoms with van der Waals surface area (Å²) in [5.41, 5.74) is 3.48. The minimum Gasteiger partial charge on any atom is -0.383 e. The lowest BCUT2D eigenvalue weighted by Gasteiger charge is -2.24. The summed E-state index contributed by atoms with van der Waals surface area (Å²) < 4.78 is 0. The van der Waals surface area contributed by atoms with Crippen LogP contribution in [-0.4, -0.2) is 19.9 Å². The summed E-state index contributed by atoms with van der Waals surface area (Å²) in [5, 5.41) is 5.50. The smallest absolute Gasteiger partial charge is 0.158 e. The average Bonchev–Trinajstić information content (AvgIpc) is 3.06. The molecule has 0 spiro atoms. The van der Waals surface area contributed by atoms with Crippen LogP contribution in [0.1, 0.15) is 29.2 Å².